The number of nitrogens with zero attached hydrogens (tertiary/aromatic N) is 10. The van der Waals surface area contributed by atoms with Gasteiger partial charge in [0.1, 0.15) is 23.0 Å². The number of rotatable bonds is 24. The molecule has 0 radical (unpaired) electrons. The van der Waals surface area contributed by atoms with Gasteiger partial charge in [-0.2, -0.15) is 10.2 Å². The number of aryl methyl sites for hydroxylation is 2. The molecule has 0 fully saturated rings. The summed E-state index contributed by atoms with van der Waals surface area (Å²) in [5.41, 5.74) is 10.1. The van der Waals surface area contributed by atoms with Crippen molar-refractivity contribution >= 4 is 44.8 Å². The minimum atomic E-state index is -0.529. The Morgan fingerprint density at radius 2 is 0.808 bits per heavy atom. The van der Waals surface area contributed by atoms with Crippen LogP contribution in [0.15, 0.2) is 110 Å². The van der Waals surface area contributed by atoms with Gasteiger partial charge in [0, 0.05) is 110 Å². The Labute approximate surface area is 458 Å². The molecule has 0 amide bonds. The third-order valence-corrected chi connectivity index (χ3v) is 13.7. The molecule has 0 aliphatic carbocycles. The van der Waals surface area contributed by atoms with Gasteiger partial charge in [0.25, 0.3) is 0 Å². The summed E-state index contributed by atoms with van der Waals surface area (Å²) >= 11 is 0. The van der Waals surface area contributed by atoms with E-state index in [0.29, 0.717) is 36.1 Å². The molecule has 2 N–H and O–H groups in total. The average molecular weight is 1070 g/mol. The van der Waals surface area contributed by atoms with Gasteiger partial charge in [-0.1, -0.05) is 55.4 Å². The Morgan fingerprint density at radius 1 is 0.449 bits per heavy atom. The SMILES string of the molecule is COc1cc(OC)cc(N(CC(OCC(O)C(C)C)C(C)C)c2ccc3ncc(-c4cnn(C)c4)nc3c2)c1.COc1cc(OC)cc(N(CC(OCC(O)C(C)C)C(C)C)c2ccc3ncc(-c4cnn(C)c4)nc3c2)c1. The largest absolute Gasteiger partial charge is 0.497 e. The smallest absolute Gasteiger partial charge is 0.124 e. The molecule has 4 heterocycles. The number of aliphatic hydroxyl groups is 2. The standard InChI is InChI=1S/2C30H39N5O4/c2*1-19(2)29(36)18-39-30(20(3)4)17-35(23-10-24(37-6)13-25(11-23)38-7)22-8-9-26-27(12-22)33-28(15-31-26)21-14-32-34(5)16-21/h2*8-16,19-20,29-30,36H,17-18H2,1-7H3. The highest BCUT2D eigenvalue weighted by molar-refractivity contribution is 5.84. The van der Waals surface area contributed by atoms with Crippen molar-refractivity contribution in [2.24, 2.45) is 37.8 Å². The van der Waals surface area contributed by atoms with Crippen LogP contribution in [0.3, 0.4) is 0 Å². The van der Waals surface area contributed by atoms with Gasteiger partial charge >= 0.3 is 0 Å². The molecule has 0 saturated heterocycles. The van der Waals surface area contributed by atoms with Crippen LogP contribution in [0.2, 0.25) is 0 Å². The van der Waals surface area contributed by atoms with Gasteiger partial charge in [-0.15, -0.1) is 0 Å². The van der Waals surface area contributed by atoms with E-state index in [9.17, 15) is 10.2 Å². The number of aliphatic hydroxyl groups excluding tert-OH is 2. The van der Waals surface area contributed by atoms with Gasteiger partial charge in [0.15, 0.2) is 0 Å². The Bertz CT molecular complexity index is 2940. The van der Waals surface area contributed by atoms with Gasteiger partial charge in [0.2, 0.25) is 0 Å². The normalized spacial score (nSPS) is 13.2. The van der Waals surface area contributed by atoms with Crippen LogP contribution >= 0.6 is 0 Å². The Balaban J connectivity index is 0.000000226. The van der Waals surface area contributed by atoms with E-state index in [0.717, 1.165) is 67.3 Å². The molecule has 416 valence electrons. The van der Waals surface area contributed by atoms with Crippen molar-refractivity contribution in [1.29, 1.82) is 0 Å². The molecule has 8 rings (SSSR count). The quantitative estimate of drug-likeness (QED) is 0.0581. The summed E-state index contributed by atoms with van der Waals surface area (Å²) in [7, 11) is 10.3. The van der Waals surface area contributed by atoms with Gasteiger partial charge in [-0.3, -0.25) is 19.3 Å². The second-order valence-electron chi connectivity index (χ2n) is 20.9. The first-order valence-electron chi connectivity index (χ1n) is 26.5. The second kappa shape index (κ2) is 26.8. The predicted octanol–water partition coefficient (Wildman–Crippen LogP) is 10.5. The summed E-state index contributed by atoms with van der Waals surface area (Å²) in [6, 6.07) is 23.7. The van der Waals surface area contributed by atoms with E-state index >= 15 is 0 Å². The summed E-state index contributed by atoms with van der Waals surface area (Å²) in [6.45, 7) is 18.1. The van der Waals surface area contributed by atoms with Crippen LogP contribution in [-0.4, -0.2) is 129 Å². The van der Waals surface area contributed by atoms with Crippen molar-refractivity contribution in [2.75, 3.05) is 64.5 Å². The van der Waals surface area contributed by atoms with Crippen molar-refractivity contribution < 1.29 is 38.6 Å². The fourth-order valence-electron chi connectivity index (χ4n) is 8.44. The minimum Gasteiger partial charge on any atom is -0.497 e. The first-order chi connectivity index (χ1) is 37.4. The number of ether oxygens (including phenoxy) is 6. The molecule has 0 saturated carbocycles. The molecule has 18 nitrogen and oxygen atoms in total. The van der Waals surface area contributed by atoms with Gasteiger partial charge in [-0.05, 0) is 60.1 Å². The van der Waals surface area contributed by atoms with E-state index in [1.54, 1.807) is 62.6 Å². The third-order valence-electron chi connectivity index (χ3n) is 13.7. The van der Waals surface area contributed by atoms with E-state index in [2.05, 4.69) is 57.7 Å². The molecular formula is C60H78N10O8. The van der Waals surface area contributed by atoms with Crippen LogP contribution in [0, 0.1) is 23.7 Å². The first kappa shape index (κ1) is 58.3. The number of methoxy groups -OCH3 is 4. The lowest BCUT2D eigenvalue weighted by molar-refractivity contribution is -0.0379. The maximum absolute atomic E-state index is 10.4. The fourth-order valence-corrected chi connectivity index (χ4v) is 8.44. The van der Waals surface area contributed by atoms with Gasteiger partial charge in [-0.25, -0.2) is 9.97 Å². The maximum Gasteiger partial charge on any atom is 0.124 e. The summed E-state index contributed by atoms with van der Waals surface area (Å²) in [4.78, 5) is 23.4. The molecule has 4 atom stereocenters. The van der Waals surface area contributed by atoms with E-state index < -0.39 is 12.2 Å². The van der Waals surface area contributed by atoms with E-state index in [1.807, 2.05) is 127 Å². The number of aromatic nitrogens is 8. The van der Waals surface area contributed by atoms with Crippen LogP contribution in [0.25, 0.3) is 44.6 Å². The fraction of sp³-hybridized carbons (Fsp3) is 0.433. The number of hydrogen-bond acceptors (Lipinski definition) is 16. The highest BCUT2D eigenvalue weighted by Gasteiger charge is 2.26. The minimum absolute atomic E-state index is 0.115. The number of hydrogen-bond donors (Lipinski definition) is 2. The highest BCUT2D eigenvalue weighted by atomic mass is 16.5. The van der Waals surface area contributed by atoms with Crippen LogP contribution in [0.1, 0.15) is 55.4 Å². The lowest BCUT2D eigenvalue weighted by atomic mass is 10.0. The summed E-state index contributed by atoms with van der Waals surface area (Å²) in [6.07, 6.45) is 9.58. The van der Waals surface area contributed by atoms with Crippen LogP contribution in [-0.2, 0) is 23.6 Å². The van der Waals surface area contributed by atoms with E-state index in [1.165, 1.54) is 0 Å². The van der Waals surface area contributed by atoms with Crippen molar-refractivity contribution in [1.82, 2.24) is 39.5 Å². The molecule has 78 heavy (non-hydrogen) atoms. The molecule has 4 aromatic carbocycles. The van der Waals surface area contributed by atoms with E-state index in [4.69, 9.17) is 38.4 Å². The van der Waals surface area contributed by atoms with Crippen molar-refractivity contribution in [3.63, 3.8) is 0 Å². The lowest BCUT2D eigenvalue weighted by Gasteiger charge is -2.32. The molecule has 8 aromatic rings. The number of benzene rings is 4. The Kier molecular flexibility index (Phi) is 20.0. The second-order valence-corrected chi connectivity index (χ2v) is 20.9. The zero-order valence-corrected chi connectivity index (χ0v) is 47.7. The molecular weight excluding hydrogens is 989 g/mol. The molecule has 4 unspecified atom stereocenters. The van der Waals surface area contributed by atoms with Gasteiger partial charge in [0.05, 0.1) is 124 Å². The molecule has 0 spiro atoms. The Hall–Kier alpha value is -7.38. The van der Waals surface area contributed by atoms with Crippen LogP contribution in [0.5, 0.6) is 23.0 Å². The van der Waals surface area contributed by atoms with Crippen molar-refractivity contribution in [3.8, 4) is 45.5 Å². The molecule has 4 aromatic heterocycles. The lowest BCUT2D eigenvalue weighted by Crippen LogP contribution is -2.37. The first-order valence-corrected chi connectivity index (χ1v) is 26.5. The van der Waals surface area contributed by atoms with Gasteiger partial charge < -0.3 is 48.4 Å². The molecule has 18 heteroatoms. The summed E-state index contributed by atoms with van der Waals surface area (Å²) in [5.74, 6) is 3.39. The topological polar surface area (TPSA) is 190 Å². The third kappa shape index (κ3) is 15.0. The average Bonchev–Trinajstić information content (AvgIpc) is 4.11. The summed E-state index contributed by atoms with van der Waals surface area (Å²) < 4.78 is 38.4. The Morgan fingerprint density at radius 3 is 1.10 bits per heavy atom. The zero-order chi connectivity index (χ0) is 56.2. The maximum atomic E-state index is 10.4. The van der Waals surface area contributed by atoms with Crippen molar-refractivity contribution in [3.05, 3.63) is 110 Å². The summed E-state index contributed by atoms with van der Waals surface area (Å²) in [5, 5.41) is 29.3. The molecule has 0 aliphatic rings. The number of anilines is 4. The molecule has 0 aliphatic heterocycles. The van der Waals surface area contributed by atoms with E-state index in [-0.39, 0.29) is 49.1 Å². The highest BCUT2D eigenvalue weighted by Crippen LogP contribution is 2.37. The van der Waals surface area contributed by atoms with Crippen LogP contribution < -0.4 is 28.7 Å². The van der Waals surface area contributed by atoms with Crippen molar-refractivity contribution in [2.45, 2.75) is 79.8 Å². The monoisotopic (exact) mass is 1070 g/mol. The predicted molar refractivity (Wildman–Crippen MR) is 307 cm³/mol. The zero-order valence-electron chi connectivity index (χ0n) is 47.7. The molecule has 0 bridgehead atoms. The number of fused-ring (bicyclic) bond motifs is 2. The van der Waals surface area contributed by atoms with Crippen LogP contribution in [0.4, 0.5) is 22.7 Å².